The maximum atomic E-state index is 13.3. The number of fused-ring (bicyclic) bond motifs is 2. The van der Waals surface area contributed by atoms with E-state index in [1.165, 1.54) is 18.2 Å². The average Bonchev–Trinajstić information content (AvgIpc) is 2.92. The molecule has 172 valence electrons. The summed E-state index contributed by atoms with van der Waals surface area (Å²) < 4.78 is 63.1. The number of piperazine rings is 1. The van der Waals surface area contributed by atoms with Gasteiger partial charge in [-0.1, -0.05) is 6.07 Å². The van der Waals surface area contributed by atoms with Gasteiger partial charge in [-0.15, -0.1) is 0 Å². The van der Waals surface area contributed by atoms with Crippen molar-refractivity contribution in [2.75, 3.05) is 30.4 Å². The van der Waals surface area contributed by atoms with Crippen LogP contribution in [-0.4, -0.2) is 56.4 Å². The molecule has 0 radical (unpaired) electrons. The van der Waals surface area contributed by atoms with Crippen molar-refractivity contribution in [3.63, 3.8) is 0 Å². The lowest BCUT2D eigenvalue weighted by atomic mass is 10.1. The molecule has 1 aromatic carbocycles. The van der Waals surface area contributed by atoms with Gasteiger partial charge < -0.3 is 10.2 Å². The Balaban J connectivity index is 1.69. The third-order valence-electron chi connectivity index (χ3n) is 6.01. The van der Waals surface area contributed by atoms with E-state index in [0.29, 0.717) is 13.1 Å². The van der Waals surface area contributed by atoms with Crippen molar-refractivity contribution in [1.29, 1.82) is 0 Å². The molecule has 0 saturated carbocycles. The number of nitrogens with zero attached hydrogens (tertiary/aromatic N) is 3. The molecule has 32 heavy (non-hydrogen) atoms. The Hall–Kier alpha value is -2.70. The molecule has 3 heterocycles. The molecule has 8 nitrogen and oxygen atoms in total. The van der Waals surface area contributed by atoms with Crippen molar-refractivity contribution < 1.29 is 26.4 Å². The van der Waals surface area contributed by atoms with Crippen LogP contribution >= 0.6 is 0 Å². The number of hydrogen-bond donors (Lipinski definition) is 2. The number of aromatic nitrogens is 1. The lowest BCUT2D eigenvalue weighted by molar-refractivity contribution is -0.137. The molecule has 2 aliphatic rings. The minimum atomic E-state index is -4.67. The van der Waals surface area contributed by atoms with Crippen LogP contribution in [0, 0.1) is 0 Å². The molecule has 2 aliphatic heterocycles. The van der Waals surface area contributed by atoms with Gasteiger partial charge in [-0.05, 0) is 44.2 Å². The smallest absolute Gasteiger partial charge is 0.353 e. The van der Waals surface area contributed by atoms with E-state index in [1.54, 1.807) is 0 Å². The average molecular weight is 469 g/mol. The molecule has 2 saturated heterocycles. The van der Waals surface area contributed by atoms with Crippen LogP contribution in [0.1, 0.15) is 28.8 Å². The topological polar surface area (TPSA) is 109 Å². The number of nitrogens with one attached hydrogen (secondary N) is 1. The normalized spacial score (nSPS) is 21.6. The number of anilines is 2. The highest BCUT2D eigenvalue weighted by Crippen LogP contribution is 2.35. The van der Waals surface area contributed by atoms with Crippen molar-refractivity contribution in [2.45, 2.75) is 36.0 Å². The fourth-order valence-electron chi connectivity index (χ4n) is 4.27. The second kappa shape index (κ2) is 8.01. The van der Waals surface area contributed by atoms with E-state index in [4.69, 9.17) is 5.14 Å². The summed E-state index contributed by atoms with van der Waals surface area (Å²) in [6, 6.07) is 6.44. The minimum Gasteiger partial charge on any atom is -0.353 e. The number of carbonyl (C=O) groups is 1. The molecular weight excluding hydrogens is 447 g/mol. The van der Waals surface area contributed by atoms with E-state index in [0.717, 1.165) is 31.2 Å². The third kappa shape index (κ3) is 4.43. The summed E-state index contributed by atoms with van der Waals surface area (Å²) in [6.07, 6.45) is -2.00. The highest BCUT2D eigenvalue weighted by atomic mass is 32.2. The van der Waals surface area contributed by atoms with E-state index in [2.05, 4.69) is 15.2 Å². The molecule has 2 aromatic rings. The predicted octanol–water partition coefficient (Wildman–Crippen LogP) is 2.28. The van der Waals surface area contributed by atoms with Gasteiger partial charge in [0.15, 0.2) is 0 Å². The number of alkyl halides is 3. The van der Waals surface area contributed by atoms with E-state index in [9.17, 15) is 26.4 Å². The van der Waals surface area contributed by atoms with Crippen LogP contribution in [0.25, 0.3) is 0 Å². The van der Waals surface area contributed by atoms with Gasteiger partial charge in [0.25, 0.3) is 5.91 Å². The number of rotatable bonds is 4. The van der Waals surface area contributed by atoms with E-state index >= 15 is 0 Å². The van der Waals surface area contributed by atoms with Crippen LogP contribution in [-0.2, 0) is 16.2 Å². The van der Waals surface area contributed by atoms with Gasteiger partial charge in [0.05, 0.1) is 16.0 Å². The molecule has 12 heteroatoms. The molecule has 2 unspecified atom stereocenters. The van der Waals surface area contributed by atoms with Gasteiger partial charge in [-0.25, -0.2) is 18.5 Å². The lowest BCUT2D eigenvalue weighted by Gasteiger charge is -2.40. The van der Waals surface area contributed by atoms with Crippen LogP contribution < -0.4 is 15.4 Å². The van der Waals surface area contributed by atoms with Crippen LogP contribution in [0.15, 0.2) is 41.4 Å². The largest absolute Gasteiger partial charge is 0.417 e. The van der Waals surface area contributed by atoms with Gasteiger partial charge in [0.2, 0.25) is 10.0 Å². The summed E-state index contributed by atoms with van der Waals surface area (Å²) in [5.74, 6) is -0.653. The number of halogens is 3. The van der Waals surface area contributed by atoms with Crippen molar-refractivity contribution in [3.8, 4) is 0 Å². The van der Waals surface area contributed by atoms with Crippen molar-refractivity contribution in [2.24, 2.45) is 5.14 Å². The van der Waals surface area contributed by atoms with E-state index in [-0.39, 0.29) is 34.0 Å². The first-order valence-corrected chi connectivity index (χ1v) is 11.5. The van der Waals surface area contributed by atoms with Gasteiger partial charge in [-0.2, -0.15) is 13.2 Å². The molecule has 2 bridgehead atoms. The Kier molecular flexibility index (Phi) is 5.63. The quantitative estimate of drug-likeness (QED) is 0.711. The van der Waals surface area contributed by atoms with E-state index < -0.39 is 27.7 Å². The van der Waals surface area contributed by atoms with Crippen molar-refractivity contribution in [1.82, 2.24) is 9.88 Å². The number of hydrogen-bond acceptors (Lipinski definition) is 6. The molecular formula is C20H22F3N5O3S. The summed E-state index contributed by atoms with van der Waals surface area (Å²) >= 11 is 0. The zero-order valence-corrected chi connectivity index (χ0v) is 17.9. The Morgan fingerprint density at radius 3 is 2.44 bits per heavy atom. The Morgan fingerprint density at radius 2 is 1.84 bits per heavy atom. The second-order valence-corrected chi connectivity index (χ2v) is 9.64. The highest BCUT2D eigenvalue weighted by Gasteiger charge is 2.40. The zero-order valence-electron chi connectivity index (χ0n) is 17.1. The van der Waals surface area contributed by atoms with Gasteiger partial charge in [0.1, 0.15) is 5.82 Å². The first-order chi connectivity index (χ1) is 14.9. The van der Waals surface area contributed by atoms with Gasteiger partial charge in [-0.3, -0.25) is 9.69 Å². The fraction of sp³-hybridized carbons (Fsp3) is 0.400. The molecule has 1 amide bonds. The number of carbonyl (C=O) groups excluding carboxylic acids is 1. The standard InChI is InChI=1S/C20H22F3N5O3S/c1-27-14-5-6-15(27)11-28(10-14)18-17(7-12(9-25-18)20(21,22)23)19(29)26-13-3-2-4-16(8-13)32(24,30)31/h2-4,7-9,14-15H,5-6,10-11H2,1H3,(H,26,29)(H2,24,30,31). The maximum Gasteiger partial charge on any atom is 0.417 e. The van der Waals surface area contributed by atoms with Crippen molar-refractivity contribution >= 4 is 27.4 Å². The summed E-state index contributed by atoms with van der Waals surface area (Å²) in [5.41, 5.74) is -1.19. The predicted molar refractivity (Wildman–Crippen MR) is 112 cm³/mol. The monoisotopic (exact) mass is 469 g/mol. The summed E-state index contributed by atoms with van der Waals surface area (Å²) in [5, 5.41) is 7.59. The van der Waals surface area contributed by atoms with Gasteiger partial charge in [0, 0.05) is 37.1 Å². The Labute approximate surface area is 183 Å². The Bertz CT molecular complexity index is 1140. The van der Waals surface area contributed by atoms with E-state index in [1.807, 2.05) is 11.9 Å². The minimum absolute atomic E-state index is 0.0864. The summed E-state index contributed by atoms with van der Waals surface area (Å²) in [7, 11) is -1.99. The molecule has 2 fully saturated rings. The molecule has 2 atom stereocenters. The molecule has 0 aliphatic carbocycles. The number of primary sulfonamides is 1. The van der Waals surface area contributed by atoms with Crippen LogP contribution in [0.4, 0.5) is 24.7 Å². The zero-order chi connectivity index (χ0) is 23.3. The second-order valence-electron chi connectivity index (χ2n) is 8.08. The molecule has 0 spiro atoms. The number of pyridine rings is 1. The van der Waals surface area contributed by atoms with Gasteiger partial charge >= 0.3 is 6.18 Å². The first kappa shape index (κ1) is 22.5. The lowest BCUT2D eigenvalue weighted by Crippen LogP contribution is -2.52. The Morgan fingerprint density at radius 1 is 1.19 bits per heavy atom. The first-order valence-electron chi connectivity index (χ1n) is 9.92. The summed E-state index contributed by atoms with van der Waals surface area (Å²) in [6.45, 7) is 1.10. The number of amides is 1. The SMILES string of the molecule is CN1C2CCC1CN(c1ncc(C(F)(F)F)cc1C(=O)Nc1cccc(S(N)(=O)=O)c1)C2. The number of nitrogens with two attached hydrogens (primary N) is 1. The van der Waals surface area contributed by atoms with Crippen LogP contribution in [0.2, 0.25) is 0 Å². The number of sulfonamides is 1. The van der Waals surface area contributed by atoms with Crippen LogP contribution in [0.3, 0.4) is 0 Å². The molecule has 3 N–H and O–H groups in total. The number of benzene rings is 1. The fourth-order valence-corrected chi connectivity index (χ4v) is 4.83. The van der Waals surface area contributed by atoms with Crippen molar-refractivity contribution in [3.05, 3.63) is 47.7 Å². The summed E-state index contributed by atoms with van der Waals surface area (Å²) in [4.78, 5) is 20.9. The maximum absolute atomic E-state index is 13.3. The highest BCUT2D eigenvalue weighted by molar-refractivity contribution is 7.89. The van der Waals surface area contributed by atoms with Crippen LogP contribution in [0.5, 0.6) is 0 Å². The molecule has 1 aromatic heterocycles. The number of likely N-dealkylation sites (N-methyl/N-ethyl adjacent to an activating group) is 1. The third-order valence-corrected chi connectivity index (χ3v) is 6.92. The molecule has 4 rings (SSSR count).